The van der Waals surface area contributed by atoms with Crippen LogP contribution in [0, 0.1) is 0 Å². The first kappa shape index (κ1) is 14.9. The van der Waals surface area contributed by atoms with Gasteiger partial charge in [-0.2, -0.15) is 0 Å². The summed E-state index contributed by atoms with van der Waals surface area (Å²) in [6.45, 7) is 8.08. The predicted molar refractivity (Wildman–Crippen MR) is 62.1 cm³/mol. The third kappa shape index (κ3) is 7.77. The molecule has 0 aliphatic rings. The van der Waals surface area contributed by atoms with E-state index in [0.717, 1.165) is 19.3 Å². The van der Waals surface area contributed by atoms with E-state index in [1.807, 2.05) is 13.8 Å². The lowest BCUT2D eigenvalue weighted by molar-refractivity contribution is -0.0976. The van der Waals surface area contributed by atoms with Gasteiger partial charge in [0.1, 0.15) is 5.60 Å². The molecule has 1 N–H and O–H groups in total. The normalized spacial score (nSPS) is 12.0. The second kappa shape index (κ2) is 9.13. The van der Waals surface area contributed by atoms with Crippen LogP contribution < -0.4 is 0 Å². The van der Waals surface area contributed by atoms with Gasteiger partial charge in [0.2, 0.25) is 0 Å². The average Bonchev–Trinajstić information content (AvgIpc) is 2.24. The molecule has 0 bridgehead atoms. The topological polar surface area (TPSA) is 38.7 Å². The Labute approximate surface area is 93.8 Å². The summed E-state index contributed by atoms with van der Waals surface area (Å²) in [4.78, 5) is 0. The molecule has 0 spiro atoms. The third-order valence-corrected chi connectivity index (χ3v) is 2.40. The number of hydrogen-bond donors (Lipinski definition) is 1. The SMILES string of the molecule is CCCCCC(O)(COCC)COCC. The van der Waals surface area contributed by atoms with Crippen LogP contribution in [-0.4, -0.2) is 37.1 Å². The molecule has 3 nitrogen and oxygen atoms in total. The van der Waals surface area contributed by atoms with Gasteiger partial charge in [-0.1, -0.05) is 26.2 Å². The highest BCUT2D eigenvalue weighted by Crippen LogP contribution is 2.16. The fourth-order valence-electron chi connectivity index (χ4n) is 1.47. The van der Waals surface area contributed by atoms with Crippen molar-refractivity contribution >= 4 is 0 Å². The highest BCUT2D eigenvalue weighted by atomic mass is 16.5. The van der Waals surface area contributed by atoms with Crippen molar-refractivity contribution in [1.82, 2.24) is 0 Å². The van der Waals surface area contributed by atoms with Gasteiger partial charge < -0.3 is 14.6 Å². The summed E-state index contributed by atoms with van der Waals surface area (Å²) in [7, 11) is 0. The second-order valence-electron chi connectivity index (χ2n) is 3.96. The summed E-state index contributed by atoms with van der Waals surface area (Å²) in [5.41, 5.74) is -0.790. The summed E-state index contributed by atoms with van der Waals surface area (Å²) in [5.74, 6) is 0. The van der Waals surface area contributed by atoms with Crippen molar-refractivity contribution in [3.63, 3.8) is 0 Å². The third-order valence-electron chi connectivity index (χ3n) is 2.40. The predicted octanol–water partition coefficient (Wildman–Crippen LogP) is 2.37. The summed E-state index contributed by atoms with van der Waals surface area (Å²) >= 11 is 0. The minimum atomic E-state index is -0.790. The molecule has 0 aliphatic heterocycles. The van der Waals surface area contributed by atoms with E-state index in [9.17, 15) is 5.11 Å². The van der Waals surface area contributed by atoms with Gasteiger partial charge in [0, 0.05) is 13.2 Å². The Kier molecular flexibility index (Phi) is 9.06. The molecule has 0 fully saturated rings. The summed E-state index contributed by atoms with van der Waals surface area (Å²) in [6.07, 6.45) is 4.12. The Morgan fingerprint density at radius 1 is 0.933 bits per heavy atom. The average molecular weight is 218 g/mol. The first-order valence-electron chi connectivity index (χ1n) is 6.06. The summed E-state index contributed by atoms with van der Waals surface area (Å²) in [5, 5.41) is 10.3. The lowest BCUT2D eigenvalue weighted by Crippen LogP contribution is -2.39. The molecular formula is C12H26O3. The fraction of sp³-hybridized carbons (Fsp3) is 1.00. The highest BCUT2D eigenvalue weighted by molar-refractivity contribution is 4.77. The van der Waals surface area contributed by atoms with E-state index in [1.165, 1.54) is 6.42 Å². The monoisotopic (exact) mass is 218 g/mol. The molecular weight excluding hydrogens is 192 g/mol. The number of rotatable bonds is 10. The number of hydrogen-bond acceptors (Lipinski definition) is 3. The minimum Gasteiger partial charge on any atom is -0.385 e. The first-order valence-corrected chi connectivity index (χ1v) is 6.06. The fourth-order valence-corrected chi connectivity index (χ4v) is 1.47. The zero-order chi connectivity index (χ0) is 11.6. The van der Waals surface area contributed by atoms with Crippen molar-refractivity contribution in [2.75, 3.05) is 26.4 Å². The van der Waals surface area contributed by atoms with Crippen LogP contribution in [0.5, 0.6) is 0 Å². The number of aliphatic hydroxyl groups is 1. The minimum absolute atomic E-state index is 0.382. The molecule has 0 radical (unpaired) electrons. The van der Waals surface area contributed by atoms with E-state index in [0.29, 0.717) is 26.4 Å². The summed E-state index contributed by atoms with van der Waals surface area (Å²) in [6, 6.07) is 0. The van der Waals surface area contributed by atoms with Crippen molar-refractivity contribution in [3.05, 3.63) is 0 Å². The molecule has 0 aromatic rings. The van der Waals surface area contributed by atoms with Gasteiger partial charge in [-0.15, -0.1) is 0 Å². The van der Waals surface area contributed by atoms with Crippen molar-refractivity contribution < 1.29 is 14.6 Å². The van der Waals surface area contributed by atoms with E-state index < -0.39 is 5.60 Å². The molecule has 0 atom stereocenters. The molecule has 92 valence electrons. The van der Waals surface area contributed by atoms with Crippen molar-refractivity contribution in [3.8, 4) is 0 Å². The van der Waals surface area contributed by atoms with E-state index in [1.54, 1.807) is 0 Å². The van der Waals surface area contributed by atoms with E-state index in [-0.39, 0.29) is 0 Å². The Bertz CT molecular complexity index is 129. The van der Waals surface area contributed by atoms with Gasteiger partial charge in [0.05, 0.1) is 13.2 Å². The standard InChI is InChI=1S/C12H26O3/c1-4-7-8-9-12(13,10-14-5-2)11-15-6-3/h13H,4-11H2,1-3H3. The van der Waals surface area contributed by atoms with Gasteiger partial charge in [-0.25, -0.2) is 0 Å². The smallest absolute Gasteiger partial charge is 0.111 e. The quantitative estimate of drug-likeness (QED) is 0.572. The van der Waals surface area contributed by atoms with Gasteiger partial charge in [0.25, 0.3) is 0 Å². The van der Waals surface area contributed by atoms with E-state index in [2.05, 4.69) is 6.92 Å². The van der Waals surface area contributed by atoms with Crippen molar-refractivity contribution in [2.45, 2.75) is 52.1 Å². The van der Waals surface area contributed by atoms with Gasteiger partial charge in [-0.3, -0.25) is 0 Å². The van der Waals surface area contributed by atoms with Crippen LogP contribution in [0.2, 0.25) is 0 Å². The molecule has 0 unspecified atom stereocenters. The zero-order valence-electron chi connectivity index (χ0n) is 10.4. The van der Waals surface area contributed by atoms with Crippen LogP contribution in [0.1, 0.15) is 46.5 Å². The molecule has 0 aliphatic carbocycles. The molecule has 0 amide bonds. The van der Waals surface area contributed by atoms with Crippen LogP contribution in [0.15, 0.2) is 0 Å². The van der Waals surface area contributed by atoms with Crippen LogP contribution >= 0.6 is 0 Å². The molecule has 0 aromatic carbocycles. The maximum atomic E-state index is 10.3. The lowest BCUT2D eigenvalue weighted by Gasteiger charge is -2.27. The molecule has 0 saturated heterocycles. The molecule has 0 heterocycles. The molecule has 0 aromatic heterocycles. The Hall–Kier alpha value is -0.120. The number of ether oxygens (including phenoxy) is 2. The van der Waals surface area contributed by atoms with E-state index >= 15 is 0 Å². The van der Waals surface area contributed by atoms with Crippen molar-refractivity contribution in [2.24, 2.45) is 0 Å². The molecule has 0 rings (SSSR count). The van der Waals surface area contributed by atoms with Crippen LogP contribution in [-0.2, 0) is 9.47 Å². The van der Waals surface area contributed by atoms with Gasteiger partial charge >= 0.3 is 0 Å². The zero-order valence-corrected chi connectivity index (χ0v) is 10.4. The number of unbranched alkanes of at least 4 members (excludes halogenated alkanes) is 2. The van der Waals surface area contributed by atoms with Crippen molar-refractivity contribution in [1.29, 1.82) is 0 Å². The van der Waals surface area contributed by atoms with E-state index in [4.69, 9.17) is 9.47 Å². The summed E-state index contributed by atoms with van der Waals surface area (Å²) < 4.78 is 10.6. The highest BCUT2D eigenvalue weighted by Gasteiger charge is 2.26. The maximum Gasteiger partial charge on any atom is 0.111 e. The Morgan fingerprint density at radius 2 is 1.47 bits per heavy atom. The van der Waals surface area contributed by atoms with Crippen LogP contribution in [0.3, 0.4) is 0 Å². The molecule has 15 heavy (non-hydrogen) atoms. The Morgan fingerprint density at radius 3 is 1.87 bits per heavy atom. The van der Waals surface area contributed by atoms with Gasteiger partial charge in [-0.05, 0) is 20.3 Å². The maximum absolute atomic E-state index is 10.3. The largest absolute Gasteiger partial charge is 0.385 e. The van der Waals surface area contributed by atoms with Crippen LogP contribution in [0.25, 0.3) is 0 Å². The molecule has 0 saturated carbocycles. The van der Waals surface area contributed by atoms with Gasteiger partial charge in [0.15, 0.2) is 0 Å². The molecule has 3 heteroatoms. The second-order valence-corrected chi connectivity index (χ2v) is 3.96. The van der Waals surface area contributed by atoms with Crippen LogP contribution in [0.4, 0.5) is 0 Å². The first-order chi connectivity index (χ1) is 7.18. The Balaban J connectivity index is 3.89. The lowest BCUT2D eigenvalue weighted by atomic mass is 9.98.